The maximum absolute atomic E-state index is 12.1. The van der Waals surface area contributed by atoms with Gasteiger partial charge in [0.25, 0.3) is 0 Å². The van der Waals surface area contributed by atoms with Crippen molar-refractivity contribution in [2.45, 2.75) is 51.5 Å². The maximum Gasteiger partial charge on any atom is 0.153 e. The molecule has 2 nitrogen and oxygen atoms in total. The summed E-state index contributed by atoms with van der Waals surface area (Å²) in [6.45, 7) is 4.14. The van der Waals surface area contributed by atoms with Crippen molar-refractivity contribution in [1.29, 1.82) is 0 Å². The minimum Gasteiger partial charge on any atom is -0.298 e. The third-order valence-corrected chi connectivity index (χ3v) is 3.27. The summed E-state index contributed by atoms with van der Waals surface area (Å²) in [5.41, 5.74) is -0.283. The minimum atomic E-state index is -0.283. The number of hydrogen-bond acceptors (Lipinski definition) is 2. The van der Waals surface area contributed by atoms with Gasteiger partial charge in [0.05, 0.1) is 5.54 Å². The van der Waals surface area contributed by atoms with Crippen molar-refractivity contribution < 1.29 is 4.79 Å². The van der Waals surface area contributed by atoms with E-state index >= 15 is 0 Å². The summed E-state index contributed by atoms with van der Waals surface area (Å²) in [5, 5.41) is 0. The molecule has 0 aromatic carbocycles. The average Bonchev–Trinajstić information content (AvgIpc) is 2.20. The van der Waals surface area contributed by atoms with E-state index in [2.05, 4.69) is 19.8 Å². The Hall–Kier alpha value is -0.810. The van der Waals surface area contributed by atoms with E-state index in [9.17, 15) is 4.79 Å². The van der Waals surface area contributed by atoms with Gasteiger partial charge in [-0.15, -0.1) is 12.3 Å². The molecule has 0 aromatic heterocycles. The first-order valence-corrected chi connectivity index (χ1v) is 5.69. The van der Waals surface area contributed by atoms with Crippen LogP contribution in [0.2, 0.25) is 0 Å². The van der Waals surface area contributed by atoms with Gasteiger partial charge in [-0.05, 0) is 33.4 Å². The molecular formula is C13H23NO. The summed E-state index contributed by atoms with van der Waals surface area (Å²) in [6.07, 6.45) is 9.02. The van der Waals surface area contributed by atoms with Crippen LogP contribution in [0.15, 0.2) is 0 Å². The topological polar surface area (TPSA) is 20.3 Å². The maximum atomic E-state index is 12.1. The van der Waals surface area contributed by atoms with Gasteiger partial charge in [-0.2, -0.15) is 0 Å². The zero-order valence-electron chi connectivity index (χ0n) is 10.5. The van der Waals surface area contributed by atoms with E-state index in [0.717, 1.165) is 19.3 Å². The molecule has 0 unspecified atom stereocenters. The highest BCUT2D eigenvalue weighted by atomic mass is 16.1. The lowest BCUT2D eigenvalue weighted by atomic mass is 9.84. The zero-order chi connectivity index (χ0) is 11.9. The fourth-order valence-corrected chi connectivity index (χ4v) is 2.11. The molecule has 0 spiro atoms. The third kappa shape index (κ3) is 3.35. The first-order chi connectivity index (χ1) is 7.05. The van der Waals surface area contributed by atoms with Crippen molar-refractivity contribution in [2.24, 2.45) is 0 Å². The smallest absolute Gasteiger partial charge is 0.153 e. The number of terminal acetylenes is 1. The van der Waals surface area contributed by atoms with Gasteiger partial charge in [-0.25, -0.2) is 0 Å². The number of Topliss-reactive ketones (excluding diaryl/α,β-unsaturated/α-hetero) is 1. The highest BCUT2D eigenvalue weighted by Crippen LogP contribution is 2.24. The van der Waals surface area contributed by atoms with Crippen molar-refractivity contribution in [3.05, 3.63) is 0 Å². The van der Waals surface area contributed by atoms with Crippen molar-refractivity contribution in [3.63, 3.8) is 0 Å². The van der Waals surface area contributed by atoms with Gasteiger partial charge >= 0.3 is 0 Å². The lowest BCUT2D eigenvalue weighted by Gasteiger charge is -2.37. The summed E-state index contributed by atoms with van der Waals surface area (Å²) in [7, 11) is 3.96. The molecule has 0 saturated heterocycles. The van der Waals surface area contributed by atoms with Crippen molar-refractivity contribution in [3.8, 4) is 12.3 Å². The van der Waals surface area contributed by atoms with Crippen LogP contribution in [0.1, 0.15) is 46.0 Å². The van der Waals surface area contributed by atoms with E-state index in [1.165, 1.54) is 0 Å². The van der Waals surface area contributed by atoms with E-state index in [-0.39, 0.29) is 5.54 Å². The van der Waals surface area contributed by atoms with E-state index in [1.807, 2.05) is 19.0 Å². The van der Waals surface area contributed by atoms with Crippen LogP contribution in [0.3, 0.4) is 0 Å². The van der Waals surface area contributed by atoms with E-state index in [0.29, 0.717) is 18.6 Å². The number of carbonyl (C=O) groups is 1. The number of ketones is 1. The van der Waals surface area contributed by atoms with Gasteiger partial charge in [0.15, 0.2) is 5.78 Å². The van der Waals surface area contributed by atoms with Crippen molar-refractivity contribution in [1.82, 2.24) is 4.90 Å². The molecule has 86 valence electrons. The lowest BCUT2D eigenvalue weighted by molar-refractivity contribution is -0.130. The summed E-state index contributed by atoms with van der Waals surface area (Å²) in [5.74, 6) is 2.90. The first kappa shape index (κ1) is 14.2. The molecule has 0 heterocycles. The second-order valence-corrected chi connectivity index (χ2v) is 4.11. The summed E-state index contributed by atoms with van der Waals surface area (Å²) in [4.78, 5) is 14.2. The molecule has 15 heavy (non-hydrogen) atoms. The molecule has 0 bridgehead atoms. The van der Waals surface area contributed by atoms with Crippen LogP contribution in [0.5, 0.6) is 0 Å². The summed E-state index contributed by atoms with van der Waals surface area (Å²) in [6, 6.07) is 0. The van der Waals surface area contributed by atoms with Crippen LogP contribution in [-0.2, 0) is 4.79 Å². The largest absolute Gasteiger partial charge is 0.298 e. The van der Waals surface area contributed by atoms with Gasteiger partial charge in [0, 0.05) is 12.8 Å². The minimum absolute atomic E-state index is 0.283. The normalized spacial score (nSPS) is 11.5. The Balaban J connectivity index is 4.50. The Morgan fingerprint density at radius 2 is 1.87 bits per heavy atom. The number of rotatable bonds is 7. The molecule has 0 rings (SSSR count). The van der Waals surface area contributed by atoms with Crippen LogP contribution in [0, 0.1) is 12.3 Å². The molecule has 0 aliphatic heterocycles. The second kappa shape index (κ2) is 6.63. The molecule has 0 aliphatic rings. The fraction of sp³-hybridized carbons (Fsp3) is 0.769. The van der Waals surface area contributed by atoms with E-state index in [1.54, 1.807) is 0 Å². The Kier molecular flexibility index (Phi) is 6.27. The first-order valence-electron chi connectivity index (χ1n) is 5.69. The number of nitrogens with zero attached hydrogens (tertiary/aromatic N) is 1. The van der Waals surface area contributed by atoms with Crippen LogP contribution in [0.4, 0.5) is 0 Å². The van der Waals surface area contributed by atoms with Crippen molar-refractivity contribution >= 4 is 5.78 Å². The lowest BCUT2D eigenvalue weighted by Crippen LogP contribution is -2.50. The second-order valence-electron chi connectivity index (χ2n) is 4.11. The van der Waals surface area contributed by atoms with E-state index in [4.69, 9.17) is 6.42 Å². The predicted octanol–water partition coefficient (Wildman–Crippen LogP) is 2.48. The molecule has 0 aromatic rings. The van der Waals surface area contributed by atoms with E-state index < -0.39 is 0 Å². The monoisotopic (exact) mass is 209 g/mol. The van der Waals surface area contributed by atoms with Crippen LogP contribution >= 0.6 is 0 Å². The molecular weight excluding hydrogens is 186 g/mol. The van der Waals surface area contributed by atoms with Gasteiger partial charge in [-0.3, -0.25) is 9.69 Å². The Bertz CT molecular complexity index is 233. The number of carbonyl (C=O) groups excluding carboxylic acids is 1. The predicted molar refractivity (Wildman–Crippen MR) is 64.7 cm³/mol. The van der Waals surface area contributed by atoms with Gasteiger partial charge < -0.3 is 0 Å². The highest BCUT2D eigenvalue weighted by molar-refractivity contribution is 5.88. The van der Waals surface area contributed by atoms with Crippen LogP contribution in [0.25, 0.3) is 0 Å². The molecule has 0 amide bonds. The molecule has 0 saturated carbocycles. The van der Waals surface area contributed by atoms with Gasteiger partial charge in [0.2, 0.25) is 0 Å². The summed E-state index contributed by atoms with van der Waals surface area (Å²) >= 11 is 0. The average molecular weight is 209 g/mol. The van der Waals surface area contributed by atoms with Gasteiger partial charge in [0.1, 0.15) is 0 Å². The fourth-order valence-electron chi connectivity index (χ4n) is 2.11. The number of unbranched alkanes of at least 4 members (excludes halogenated alkanes) is 1. The Labute approximate surface area is 94.0 Å². The Morgan fingerprint density at radius 3 is 2.20 bits per heavy atom. The zero-order valence-corrected chi connectivity index (χ0v) is 10.5. The SMILES string of the molecule is C#CCCCC(=O)C(CC)(CC)N(C)C. The molecule has 0 aliphatic carbocycles. The molecule has 0 radical (unpaired) electrons. The third-order valence-electron chi connectivity index (χ3n) is 3.27. The Morgan fingerprint density at radius 1 is 1.33 bits per heavy atom. The molecule has 2 heteroatoms. The van der Waals surface area contributed by atoms with Crippen LogP contribution in [-0.4, -0.2) is 30.3 Å². The van der Waals surface area contributed by atoms with Crippen molar-refractivity contribution in [2.75, 3.05) is 14.1 Å². The quantitative estimate of drug-likeness (QED) is 0.474. The highest BCUT2D eigenvalue weighted by Gasteiger charge is 2.35. The molecule has 0 atom stereocenters. The molecule has 0 N–H and O–H groups in total. The standard InChI is InChI=1S/C13H23NO/c1-6-9-10-11-12(15)13(7-2,8-3)14(4)5/h1H,7-11H2,2-5H3. The number of likely N-dealkylation sites (N-methyl/N-ethyl adjacent to an activating group) is 1. The number of hydrogen-bond donors (Lipinski definition) is 0. The molecule has 0 fully saturated rings. The van der Waals surface area contributed by atoms with Crippen LogP contribution < -0.4 is 0 Å². The summed E-state index contributed by atoms with van der Waals surface area (Å²) < 4.78 is 0. The van der Waals surface area contributed by atoms with Gasteiger partial charge in [-0.1, -0.05) is 13.8 Å².